The second-order valence-corrected chi connectivity index (χ2v) is 5.95. The number of rotatable bonds is 6. The minimum Gasteiger partial charge on any atom is -0.493 e. The molecule has 8 heteroatoms. The predicted molar refractivity (Wildman–Crippen MR) is 91.5 cm³/mol. The highest BCUT2D eigenvalue weighted by Crippen LogP contribution is 2.44. The molecule has 0 bridgehead atoms. The first-order valence-electron chi connectivity index (χ1n) is 8.24. The topological polar surface area (TPSA) is 91.8 Å². The summed E-state index contributed by atoms with van der Waals surface area (Å²) in [6.45, 7) is 2.63. The minimum absolute atomic E-state index is 0.102. The number of benzene rings is 1. The summed E-state index contributed by atoms with van der Waals surface area (Å²) in [4.78, 5) is 4.60. The van der Waals surface area contributed by atoms with Gasteiger partial charge in [-0.1, -0.05) is 0 Å². The molecule has 0 amide bonds. The number of methoxy groups -OCH3 is 1. The van der Waals surface area contributed by atoms with Gasteiger partial charge in [0.15, 0.2) is 11.5 Å². The van der Waals surface area contributed by atoms with E-state index in [0.29, 0.717) is 36.1 Å². The molecule has 1 aliphatic heterocycles. The summed E-state index contributed by atoms with van der Waals surface area (Å²) in [6, 6.07) is 3.64. The summed E-state index contributed by atoms with van der Waals surface area (Å²) >= 11 is 0. The van der Waals surface area contributed by atoms with E-state index in [1.807, 2.05) is 25.3 Å². The van der Waals surface area contributed by atoms with Crippen molar-refractivity contribution in [2.45, 2.75) is 19.9 Å². The van der Waals surface area contributed by atoms with E-state index >= 15 is 0 Å². The van der Waals surface area contributed by atoms with Gasteiger partial charge in [0.2, 0.25) is 18.4 Å². The van der Waals surface area contributed by atoms with E-state index < -0.39 is 0 Å². The molecule has 0 fully saturated rings. The average Bonchev–Trinajstić information content (AvgIpc) is 3.35. The van der Waals surface area contributed by atoms with Gasteiger partial charge in [0.1, 0.15) is 11.5 Å². The largest absolute Gasteiger partial charge is 0.493 e. The molecule has 136 valence electrons. The monoisotopic (exact) mass is 357 g/mol. The van der Waals surface area contributed by atoms with Crippen LogP contribution >= 0.6 is 0 Å². The molecule has 26 heavy (non-hydrogen) atoms. The molecule has 0 radical (unpaired) electrons. The maximum atomic E-state index is 9.01. The van der Waals surface area contributed by atoms with Crippen LogP contribution in [-0.4, -0.2) is 40.4 Å². The Morgan fingerprint density at radius 2 is 2.19 bits per heavy atom. The van der Waals surface area contributed by atoms with Crippen molar-refractivity contribution in [1.29, 1.82) is 0 Å². The summed E-state index contributed by atoms with van der Waals surface area (Å²) in [6.07, 6.45) is 4.23. The maximum Gasteiger partial charge on any atom is 0.231 e. The molecule has 0 atom stereocenters. The number of aliphatic hydroxyl groups excluding tert-OH is 1. The first-order valence-corrected chi connectivity index (χ1v) is 8.24. The summed E-state index contributed by atoms with van der Waals surface area (Å²) in [5.41, 5.74) is 2.52. The zero-order chi connectivity index (χ0) is 18.1. The molecule has 0 saturated carbocycles. The molecule has 1 aliphatic rings. The van der Waals surface area contributed by atoms with Crippen molar-refractivity contribution < 1.29 is 23.7 Å². The molecular formula is C18H19N3O5. The summed E-state index contributed by atoms with van der Waals surface area (Å²) in [7, 11) is 1.58. The number of aliphatic hydroxyl groups is 1. The van der Waals surface area contributed by atoms with Crippen molar-refractivity contribution >= 4 is 0 Å². The Kier molecular flexibility index (Phi) is 4.26. The molecule has 8 nitrogen and oxygen atoms in total. The van der Waals surface area contributed by atoms with Crippen LogP contribution in [0.25, 0.3) is 11.5 Å². The Hall–Kier alpha value is -3.00. The van der Waals surface area contributed by atoms with Crippen LogP contribution in [0.2, 0.25) is 0 Å². The quantitative estimate of drug-likeness (QED) is 0.723. The van der Waals surface area contributed by atoms with E-state index in [2.05, 4.69) is 10.1 Å². The molecule has 0 saturated heterocycles. The van der Waals surface area contributed by atoms with Gasteiger partial charge in [-0.25, -0.2) is 4.98 Å². The molecule has 0 spiro atoms. The van der Waals surface area contributed by atoms with Crippen LogP contribution in [0, 0.1) is 6.92 Å². The van der Waals surface area contributed by atoms with Crippen LogP contribution in [0.1, 0.15) is 17.0 Å². The number of hydrogen-bond acceptors (Lipinski definition) is 7. The Morgan fingerprint density at radius 3 is 3.00 bits per heavy atom. The highest BCUT2D eigenvalue weighted by Gasteiger charge is 2.23. The molecule has 1 N–H and O–H groups in total. The van der Waals surface area contributed by atoms with Gasteiger partial charge in [-0.2, -0.15) is 5.10 Å². The van der Waals surface area contributed by atoms with Gasteiger partial charge >= 0.3 is 0 Å². The number of oxazole rings is 1. The molecule has 3 aromatic rings. The standard InChI is InChI=1S/C18H19N3O5/c1-11-14(9-21-8-12(3-4-22)7-19-21)20-18(26-11)13-5-15(23-2)17-16(6-13)24-10-25-17/h5-8,22H,3-4,9-10H2,1-2H3. The molecule has 3 heterocycles. The number of hydrogen-bond donors (Lipinski definition) is 1. The first kappa shape index (κ1) is 16.5. The second-order valence-electron chi connectivity index (χ2n) is 5.95. The SMILES string of the molecule is COc1cc(-c2nc(Cn3cc(CCO)cn3)c(C)o2)cc2c1OCO2. The smallest absolute Gasteiger partial charge is 0.231 e. The molecule has 0 aliphatic carbocycles. The van der Waals surface area contributed by atoms with Gasteiger partial charge < -0.3 is 23.7 Å². The van der Waals surface area contributed by atoms with Crippen LogP contribution in [0.15, 0.2) is 28.9 Å². The third-order valence-corrected chi connectivity index (χ3v) is 4.20. The second kappa shape index (κ2) is 6.72. The first-order chi connectivity index (χ1) is 12.7. The van der Waals surface area contributed by atoms with Crippen molar-refractivity contribution in [3.8, 4) is 28.7 Å². The fourth-order valence-electron chi connectivity index (χ4n) is 2.86. The van der Waals surface area contributed by atoms with Crippen LogP contribution < -0.4 is 14.2 Å². The average molecular weight is 357 g/mol. The lowest BCUT2D eigenvalue weighted by molar-refractivity contribution is 0.171. The van der Waals surface area contributed by atoms with Gasteiger partial charge in [0.25, 0.3) is 0 Å². The third kappa shape index (κ3) is 2.99. The van der Waals surface area contributed by atoms with Gasteiger partial charge in [-0.05, 0) is 31.0 Å². The maximum absolute atomic E-state index is 9.01. The van der Waals surface area contributed by atoms with Crippen molar-refractivity contribution in [2.75, 3.05) is 20.5 Å². The zero-order valence-corrected chi connectivity index (χ0v) is 14.6. The van der Waals surface area contributed by atoms with Crippen molar-refractivity contribution in [3.05, 3.63) is 41.5 Å². The molecule has 0 unspecified atom stereocenters. The fraction of sp³-hybridized carbons (Fsp3) is 0.333. The molecule has 2 aromatic heterocycles. The van der Waals surface area contributed by atoms with Gasteiger partial charge in [0, 0.05) is 18.4 Å². The number of aryl methyl sites for hydroxylation is 1. The normalized spacial score (nSPS) is 12.6. The zero-order valence-electron chi connectivity index (χ0n) is 14.6. The third-order valence-electron chi connectivity index (χ3n) is 4.20. The van der Waals surface area contributed by atoms with Crippen LogP contribution in [0.3, 0.4) is 0 Å². The van der Waals surface area contributed by atoms with E-state index in [1.54, 1.807) is 18.0 Å². The highest BCUT2D eigenvalue weighted by atomic mass is 16.7. The van der Waals surface area contributed by atoms with E-state index in [1.165, 1.54) is 0 Å². The summed E-state index contributed by atoms with van der Waals surface area (Å²) < 4.78 is 23.9. The van der Waals surface area contributed by atoms with E-state index in [-0.39, 0.29) is 13.4 Å². The number of fused-ring (bicyclic) bond motifs is 1. The van der Waals surface area contributed by atoms with E-state index in [0.717, 1.165) is 22.6 Å². The molecular weight excluding hydrogens is 338 g/mol. The van der Waals surface area contributed by atoms with Crippen LogP contribution in [0.4, 0.5) is 0 Å². The molecule has 4 rings (SSSR count). The lowest BCUT2D eigenvalue weighted by atomic mass is 10.2. The lowest BCUT2D eigenvalue weighted by Gasteiger charge is -2.06. The lowest BCUT2D eigenvalue weighted by Crippen LogP contribution is -2.01. The van der Waals surface area contributed by atoms with Gasteiger partial charge in [0.05, 0.1) is 19.9 Å². The highest BCUT2D eigenvalue weighted by molar-refractivity contribution is 5.66. The number of nitrogens with zero attached hydrogens (tertiary/aromatic N) is 3. The van der Waals surface area contributed by atoms with Crippen molar-refractivity contribution in [2.24, 2.45) is 0 Å². The van der Waals surface area contributed by atoms with E-state index in [9.17, 15) is 0 Å². The number of aromatic nitrogens is 3. The van der Waals surface area contributed by atoms with Crippen molar-refractivity contribution in [3.63, 3.8) is 0 Å². The Labute approximate surface area is 149 Å². The minimum atomic E-state index is 0.102. The van der Waals surface area contributed by atoms with Crippen LogP contribution in [0.5, 0.6) is 17.2 Å². The Bertz CT molecular complexity index is 931. The summed E-state index contributed by atoms with van der Waals surface area (Å²) in [5.74, 6) is 2.98. The fourth-order valence-corrected chi connectivity index (χ4v) is 2.86. The number of ether oxygens (including phenoxy) is 3. The van der Waals surface area contributed by atoms with Gasteiger partial charge in [-0.3, -0.25) is 4.68 Å². The van der Waals surface area contributed by atoms with Crippen molar-refractivity contribution in [1.82, 2.24) is 14.8 Å². The Morgan fingerprint density at radius 1 is 1.31 bits per heavy atom. The predicted octanol–water partition coefficient (Wildman–Crippen LogP) is 2.17. The Balaban J connectivity index is 1.62. The van der Waals surface area contributed by atoms with E-state index in [4.69, 9.17) is 23.7 Å². The van der Waals surface area contributed by atoms with Crippen LogP contribution in [-0.2, 0) is 13.0 Å². The van der Waals surface area contributed by atoms with Gasteiger partial charge in [-0.15, -0.1) is 0 Å². The summed E-state index contributed by atoms with van der Waals surface area (Å²) in [5, 5.41) is 13.3. The molecule has 1 aromatic carbocycles.